The number of halogens is 3. The third-order valence-corrected chi connectivity index (χ3v) is 5.21. The third kappa shape index (κ3) is 4.73. The summed E-state index contributed by atoms with van der Waals surface area (Å²) in [6.07, 6.45) is -4.43. The van der Waals surface area contributed by atoms with E-state index in [0.29, 0.717) is 36.7 Å². The number of fused-ring (bicyclic) bond motifs is 1. The first-order chi connectivity index (χ1) is 14.4. The van der Waals surface area contributed by atoms with Crippen LogP contribution in [0.15, 0.2) is 24.3 Å². The molecule has 0 fully saturated rings. The molecule has 0 saturated heterocycles. The molecular formula is C21H26F3N5O2. The van der Waals surface area contributed by atoms with Crippen LogP contribution in [0.5, 0.6) is 0 Å². The fraction of sp³-hybridized carbons (Fsp3) is 0.476. The Morgan fingerprint density at radius 2 is 1.81 bits per heavy atom. The molecular weight excluding hydrogens is 411 g/mol. The molecule has 1 aliphatic heterocycles. The predicted octanol–water partition coefficient (Wildman–Crippen LogP) is 2.56. The SMILES string of the molecule is CNC(=O)C(NC(=O)c1nc(-c2ccc(C(F)(F)F)cc2)n2c1CNCC2)C(C)(C)C. The van der Waals surface area contributed by atoms with Crippen molar-refractivity contribution >= 4 is 11.8 Å². The minimum atomic E-state index is -4.43. The highest BCUT2D eigenvalue weighted by atomic mass is 19.4. The second-order valence-electron chi connectivity index (χ2n) is 8.52. The summed E-state index contributed by atoms with van der Waals surface area (Å²) in [7, 11) is 1.50. The van der Waals surface area contributed by atoms with E-state index in [1.165, 1.54) is 19.2 Å². The van der Waals surface area contributed by atoms with Crippen molar-refractivity contribution in [3.63, 3.8) is 0 Å². The Balaban J connectivity index is 1.98. The lowest BCUT2D eigenvalue weighted by Gasteiger charge is -2.29. The number of amides is 2. The molecule has 168 valence electrons. The molecule has 1 aliphatic rings. The van der Waals surface area contributed by atoms with Gasteiger partial charge in [0.15, 0.2) is 5.69 Å². The molecule has 3 N–H and O–H groups in total. The fourth-order valence-corrected chi connectivity index (χ4v) is 3.53. The number of rotatable bonds is 4. The Labute approximate surface area is 178 Å². The minimum Gasteiger partial charge on any atom is -0.357 e. The van der Waals surface area contributed by atoms with Crippen molar-refractivity contribution in [3.05, 3.63) is 41.2 Å². The van der Waals surface area contributed by atoms with E-state index in [2.05, 4.69) is 20.9 Å². The van der Waals surface area contributed by atoms with Gasteiger partial charge >= 0.3 is 6.18 Å². The highest BCUT2D eigenvalue weighted by Crippen LogP contribution is 2.32. The van der Waals surface area contributed by atoms with E-state index >= 15 is 0 Å². The summed E-state index contributed by atoms with van der Waals surface area (Å²) in [5, 5.41) is 8.50. The molecule has 3 rings (SSSR count). The smallest absolute Gasteiger partial charge is 0.357 e. The zero-order valence-electron chi connectivity index (χ0n) is 17.9. The second-order valence-corrected chi connectivity index (χ2v) is 8.52. The quantitative estimate of drug-likeness (QED) is 0.686. The molecule has 2 amide bonds. The zero-order valence-corrected chi connectivity index (χ0v) is 17.9. The molecule has 7 nitrogen and oxygen atoms in total. The molecule has 1 aromatic carbocycles. The first kappa shape index (κ1) is 22.8. The Hall–Kier alpha value is -2.88. The number of aromatic nitrogens is 2. The van der Waals surface area contributed by atoms with Gasteiger partial charge in [-0.1, -0.05) is 32.9 Å². The Bertz CT molecular complexity index is 975. The molecule has 0 radical (unpaired) electrons. The number of imidazole rings is 1. The van der Waals surface area contributed by atoms with Crippen LogP contribution in [-0.2, 0) is 24.1 Å². The number of benzene rings is 1. The lowest BCUT2D eigenvalue weighted by atomic mass is 9.86. The van der Waals surface area contributed by atoms with E-state index in [1.54, 1.807) is 0 Å². The number of hydrogen-bond donors (Lipinski definition) is 3. The van der Waals surface area contributed by atoms with Gasteiger partial charge in [-0.15, -0.1) is 0 Å². The summed E-state index contributed by atoms with van der Waals surface area (Å²) in [6, 6.07) is 3.92. The number of nitrogens with zero attached hydrogens (tertiary/aromatic N) is 2. The van der Waals surface area contributed by atoms with Gasteiger partial charge in [0, 0.05) is 32.2 Å². The number of hydrogen-bond acceptors (Lipinski definition) is 4. The average Bonchev–Trinajstić information content (AvgIpc) is 3.10. The van der Waals surface area contributed by atoms with Crippen molar-refractivity contribution in [2.45, 2.75) is 46.1 Å². The largest absolute Gasteiger partial charge is 0.416 e. The van der Waals surface area contributed by atoms with Gasteiger partial charge in [-0.05, 0) is 17.5 Å². The van der Waals surface area contributed by atoms with Gasteiger partial charge in [0.25, 0.3) is 5.91 Å². The summed E-state index contributed by atoms with van der Waals surface area (Å²) in [4.78, 5) is 29.9. The average molecular weight is 437 g/mol. The summed E-state index contributed by atoms with van der Waals surface area (Å²) in [5.41, 5.74) is -0.0263. The van der Waals surface area contributed by atoms with Crippen LogP contribution < -0.4 is 16.0 Å². The van der Waals surface area contributed by atoms with Crippen LogP contribution in [-0.4, -0.2) is 41.0 Å². The monoisotopic (exact) mass is 437 g/mol. The zero-order chi connectivity index (χ0) is 23.0. The van der Waals surface area contributed by atoms with Crippen molar-refractivity contribution in [3.8, 4) is 11.4 Å². The molecule has 0 bridgehead atoms. The van der Waals surface area contributed by atoms with Gasteiger partial charge < -0.3 is 20.5 Å². The van der Waals surface area contributed by atoms with Crippen molar-refractivity contribution < 1.29 is 22.8 Å². The topological polar surface area (TPSA) is 88.1 Å². The summed E-state index contributed by atoms with van der Waals surface area (Å²) in [5.74, 6) is -0.410. The van der Waals surface area contributed by atoms with Gasteiger partial charge in [-0.2, -0.15) is 13.2 Å². The highest BCUT2D eigenvalue weighted by molar-refractivity contribution is 5.97. The molecule has 1 aromatic heterocycles. The van der Waals surface area contributed by atoms with Crippen LogP contribution >= 0.6 is 0 Å². The molecule has 2 heterocycles. The lowest BCUT2D eigenvalue weighted by molar-refractivity contribution is -0.137. The molecule has 1 atom stereocenters. The van der Waals surface area contributed by atoms with Crippen LogP contribution in [0.4, 0.5) is 13.2 Å². The first-order valence-corrected chi connectivity index (χ1v) is 9.93. The van der Waals surface area contributed by atoms with E-state index < -0.39 is 29.1 Å². The van der Waals surface area contributed by atoms with Crippen molar-refractivity contribution in [2.75, 3.05) is 13.6 Å². The van der Waals surface area contributed by atoms with Crippen LogP contribution in [0.25, 0.3) is 11.4 Å². The number of carbonyl (C=O) groups is 2. The van der Waals surface area contributed by atoms with E-state index in [0.717, 1.165) is 12.1 Å². The predicted molar refractivity (Wildman–Crippen MR) is 109 cm³/mol. The lowest BCUT2D eigenvalue weighted by Crippen LogP contribution is -2.53. The summed E-state index contributed by atoms with van der Waals surface area (Å²) < 4.78 is 40.5. The van der Waals surface area contributed by atoms with E-state index in [-0.39, 0.29) is 11.6 Å². The summed E-state index contributed by atoms with van der Waals surface area (Å²) >= 11 is 0. The van der Waals surface area contributed by atoms with E-state index in [1.807, 2.05) is 25.3 Å². The van der Waals surface area contributed by atoms with Crippen LogP contribution in [0.3, 0.4) is 0 Å². The molecule has 0 aliphatic carbocycles. The Morgan fingerprint density at radius 3 is 2.35 bits per heavy atom. The van der Waals surface area contributed by atoms with Crippen LogP contribution in [0.1, 0.15) is 42.5 Å². The molecule has 2 aromatic rings. The maximum absolute atomic E-state index is 13.1. The molecule has 1 unspecified atom stereocenters. The number of likely N-dealkylation sites (N-methyl/N-ethyl adjacent to an activating group) is 1. The van der Waals surface area contributed by atoms with Gasteiger partial charge in [0.1, 0.15) is 11.9 Å². The van der Waals surface area contributed by atoms with Crippen molar-refractivity contribution in [2.24, 2.45) is 5.41 Å². The minimum absolute atomic E-state index is 0.153. The molecule has 0 saturated carbocycles. The second kappa shape index (κ2) is 8.33. The first-order valence-electron chi connectivity index (χ1n) is 9.93. The maximum atomic E-state index is 13.1. The van der Waals surface area contributed by atoms with Crippen LogP contribution in [0, 0.1) is 5.41 Å². The fourth-order valence-electron chi connectivity index (χ4n) is 3.53. The van der Waals surface area contributed by atoms with Gasteiger partial charge in [0.2, 0.25) is 5.91 Å². The Morgan fingerprint density at radius 1 is 1.16 bits per heavy atom. The van der Waals surface area contributed by atoms with Gasteiger partial charge in [-0.25, -0.2) is 4.98 Å². The van der Waals surface area contributed by atoms with Gasteiger partial charge in [0.05, 0.1) is 11.3 Å². The number of carbonyl (C=O) groups excluding carboxylic acids is 2. The van der Waals surface area contributed by atoms with E-state index in [4.69, 9.17) is 0 Å². The Kier molecular flexibility index (Phi) is 6.13. The maximum Gasteiger partial charge on any atom is 0.416 e. The third-order valence-electron chi connectivity index (χ3n) is 5.21. The summed E-state index contributed by atoms with van der Waals surface area (Å²) in [6.45, 7) is 7.06. The number of alkyl halides is 3. The highest BCUT2D eigenvalue weighted by Gasteiger charge is 2.35. The normalized spacial score (nSPS) is 15.2. The van der Waals surface area contributed by atoms with Crippen LogP contribution in [0.2, 0.25) is 0 Å². The molecule has 31 heavy (non-hydrogen) atoms. The molecule has 0 spiro atoms. The van der Waals surface area contributed by atoms with Crippen molar-refractivity contribution in [1.29, 1.82) is 0 Å². The molecule has 10 heteroatoms. The van der Waals surface area contributed by atoms with E-state index in [9.17, 15) is 22.8 Å². The van der Waals surface area contributed by atoms with Gasteiger partial charge in [-0.3, -0.25) is 9.59 Å². The standard InChI is InChI=1S/C21H26F3N5O2/c1-20(2,3)16(19(31)25-4)28-18(30)15-14-11-26-9-10-29(14)17(27-15)12-5-7-13(8-6-12)21(22,23)24/h5-8,16,26H,9-11H2,1-4H3,(H,25,31)(H,28,30). The number of nitrogens with one attached hydrogen (secondary N) is 3. The van der Waals surface area contributed by atoms with Crippen molar-refractivity contribution in [1.82, 2.24) is 25.5 Å².